The molecule has 2 aromatic carbocycles. The van der Waals surface area contributed by atoms with E-state index >= 15 is 0 Å². The summed E-state index contributed by atoms with van der Waals surface area (Å²) in [6.07, 6.45) is -3.56. The topological polar surface area (TPSA) is 94.1 Å². The summed E-state index contributed by atoms with van der Waals surface area (Å²) in [5.41, 5.74) is -0.897. The van der Waals surface area contributed by atoms with E-state index in [4.69, 9.17) is 0 Å². The van der Waals surface area contributed by atoms with Gasteiger partial charge in [-0.25, -0.2) is 4.79 Å². The maximum absolute atomic E-state index is 13.0. The van der Waals surface area contributed by atoms with E-state index in [1.807, 2.05) is 0 Å². The number of nitrogens with zero attached hydrogens (tertiary/aromatic N) is 3. The Bertz CT molecular complexity index is 1180. The Morgan fingerprint density at radius 2 is 1.87 bits per heavy atom. The zero-order valence-electron chi connectivity index (χ0n) is 16.2. The number of hydrogen-bond acceptors (Lipinski definition) is 4. The number of hydrogen-bond donors (Lipinski definition) is 1. The maximum Gasteiger partial charge on any atom is 0.416 e. The smallest absolute Gasteiger partial charge is 0.416 e. The van der Waals surface area contributed by atoms with Crippen LogP contribution in [0.25, 0.3) is 5.69 Å². The highest BCUT2D eigenvalue weighted by Gasteiger charge is 2.38. The number of sulfonamides is 1. The van der Waals surface area contributed by atoms with Crippen LogP contribution in [0.15, 0.2) is 64.3 Å². The van der Waals surface area contributed by atoms with Gasteiger partial charge >= 0.3 is 11.9 Å². The molecule has 0 aliphatic carbocycles. The molecular weight excluding hydrogens is 433 g/mol. The molecule has 1 aliphatic rings. The monoisotopic (exact) mass is 452 g/mol. The van der Waals surface area contributed by atoms with Crippen molar-refractivity contribution in [1.82, 2.24) is 19.1 Å². The van der Waals surface area contributed by atoms with Gasteiger partial charge in [0.25, 0.3) is 0 Å². The zero-order valence-corrected chi connectivity index (χ0v) is 17.0. The van der Waals surface area contributed by atoms with E-state index in [-0.39, 0.29) is 19.0 Å². The van der Waals surface area contributed by atoms with Gasteiger partial charge < -0.3 is 4.55 Å². The third-order valence-electron chi connectivity index (χ3n) is 5.21. The van der Waals surface area contributed by atoms with Crippen molar-refractivity contribution in [1.29, 1.82) is 0 Å². The van der Waals surface area contributed by atoms with Crippen LogP contribution in [-0.4, -0.2) is 36.7 Å². The first kappa shape index (κ1) is 21.5. The van der Waals surface area contributed by atoms with E-state index in [1.54, 1.807) is 30.3 Å². The molecule has 0 spiro atoms. The third-order valence-corrected chi connectivity index (χ3v) is 7.07. The first-order chi connectivity index (χ1) is 14.7. The van der Waals surface area contributed by atoms with E-state index in [1.165, 1.54) is 4.68 Å². The fourth-order valence-electron chi connectivity index (χ4n) is 3.63. The number of H-pyrrole nitrogens is 1. The molecule has 1 saturated heterocycles. The molecule has 2 heterocycles. The number of piperidine rings is 1. The number of aromatic nitrogens is 3. The van der Waals surface area contributed by atoms with E-state index in [0.29, 0.717) is 30.4 Å². The molecule has 31 heavy (non-hydrogen) atoms. The second kappa shape index (κ2) is 8.06. The van der Waals surface area contributed by atoms with E-state index in [9.17, 15) is 26.7 Å². The average Bonchev–Trinajstić information content (AvgIpc) is 3.16. The molecule has 1 N–H and O–H groups in total. The second-order valence-corrected chi connectivity index (χ2v) is 9.23. The van der Waals surface area contributed by atoms with Gasteiger partial charge in [0.15, 0.2) is 15.3 Å². The quantitative estimate of drug-likeness (QED) is 0.615. The molecule has 11 heteroatoms. The largest absolute Gasteiger partial charge is 0.593 e. The molecule has 0 radical (unpaired) electrons. The average molecular weight is 452 g/mol. The van der Waals surface area contributed by atoms with Gasteiger partial charge in [0.2, 0.25) is 0 Å². The Kier molecular flexibility index (Phi) is 5.58. The van der Waals surface area contributed by atoms with Crippen molar-refractivity contribution in [2.45, 2.75) is 29.8 Å². The fourth-order valence-corrected chi connectivity index (χ4v) is 5.20. The van der Waals surface area contributed by atoms with Crippen LogP contribution in [0.3, 0.4) is 0 Å². The van der Waals surface area contributed by atoms with Crippen molar-refractivity contribution in [3.63, 3.8) is 0 Å². The first-order valence-electron chi connectivity index (χ1n) is 9.58. The Morgan fingerprint density at radius 1 is 1.13 bits per heavy atom. The first-order valence-corrected chi connectivity index (χ1v) is 11.0. The van der Waals surface area contributed by atoms with Crippen LogP contribution >= 0.6 is 0 Å². The second-order valence-electron chi connectivity index (χ2n) is 7.29. The Morgan fingerprint density at radius 3 is 2.58 bits per heavy atom. The molecular formula is C20H19F3N4O3S. The number of nitrogens with one attached hydrogen (secondary N) is 1. The lowest BCUT2D eigenvalue weighted by molar-refractivity contribution is -0.137. The lowest BCUT2D eigenvalue weighted by Crippen LogP contribution is -2.43. The predicted octanol–water partition coefficient (Wildman–Crippen LogP) is 3.36. The van der Waals surface area contributed by atoms with Gasteiger partial charge in [-0.3, -0.25) is 4.98 Å². The van der Waals surface area contributed by atoms with Crippen molar-refractivity contribution in [2.75, 3.05) is 13.1 Å². The van der Waals surface area contributed by atoms with Crippen molar-refractivity contribution >= 4 is 10.4 Å². The lowest BCUT2D eigenvalue weighted by Gasteiger charge is -2.33. The molecule has 4 rings (SSSR count). The van der Waals surface area contributed by atoms with Crippen LogP contribution in [0.1, 0.15) is 30.1 Å². The molecule has 164 valence electrons. The number of halogens is 3. The Labute approximate surface area is 176 Å². The van der Waals surface area contributed by atoms with Crippen molar-refractivity contribution in [2.24, 2.45) is 0 Å². The Balaban J connectivity index is 1.59. The lowest BCUT2D eigenvalue weighted by atomic mass is 9.99. The van der Waals surface area contributed by atoms with Gasteiger partial charge in [-0.15, -0.1) is 9.40 Å². The highest BCUT2D eigenvalue weighted by atomic mass is 32.3. The maximum atomic E-state index is 13.0. The number of rotatable bonds is 4. The zero-order chi connectivity index (χ0) is 22.2. The molecule has 1 aliphatic heterocycles. The normalized spacial score (nSPS) is 19.8. The summed E-state index contributed by atoms with van der Waals surface area (Å²) in [7, 11) is -4.13. The van der Waals surface area contributed by atoms with E-state index in [0.717, 1.165) is 22.5 Å². The fraction of sp³-hybridized carbons (Fsp3) is 0.300. The van der Waals surface area contributed by atoms with Gasteiger partial charge in [0, 0.05) is 18.5 Å². The summed E-state index contributed by atoms with van der Waals surface area (Å²) in [5, 5.41) is 4.32. The molecule has 3 aromatic rings. The number of para-hydroxylation sites is 1. The molecule has 0 bridgehead atoms. The van der Waals surface area contributed by atoms with Crippen LogP contribution in [0, 0.1) is 0 Å². The molecule has 7 nitrogen and oxygen atoms in total. The van der Waals surface area contributed by atoms with Crippen LogP contribution in [0.2, 0.25) is 0 Å². The molecule has 1 fully saturated rings. The molecule has 0 saturated carbocycles. The van der Waals surface area contributed by atoms with Gasteiger partial charge in [-0.1, -0.05) is 28.5 Å². The summed E-state index contributed by atoms with van der Waals surface area (Å²) in [6, 6.07) is 12.5. The van der Waals surface area contributed by atoms with E-state index in [2.05, 4.69) is 10.1 Å². The van der Waals surface area contributed by atoms with Crippen LogP contribution in [-0.2, 0) is 20.8 Å². The minimum Gasteiger partial charge on any atom is -0.593 e. The minimum atomic E-state index is -4.64. The van der Waals surface area contributed by atoms with Crippen LogP contribution in [0.5, 0.6) is 0 Å². The van der Waals surface area contributed by atoms with Crippen molar-refractivity contribution < 1.29 is 21.9 Å². The summed E-state index contributed by atoms with van der Waals surface area (Å²) in [5.74, 6) is -0.0372. The molecule has 0 amide bonds. The standard InChI is InChI=1S/C20H19F3N4O3S/c21-20(22,23)15-7-4-10-17(12-15)31(29,30)26-11-5-6-14(13-26)18-24-19(28)27(25-18)16-8-2-1-3-9-16/h1-4,7-10,12,14H,5-6,11,13H2,(H-,24,25,28,29,30). The summed E-state index contributed by atoms with van der Waals surface area (Å²) in [6.45, 7) is 0.193. The Hall–Kier alpha value is -2.76. The number of benzene rings is 2. The van der Waals surface area contributed by atoms with Gasteiger partial charge in [0.05, 0.1) is 17.8 Å². The van der Waals surface area contributed by atoms with E-state index < -0.39 is 32.7 Å². The number of aromatic amines is 1. The van der Waals surface area contributed by atoms with Gasteiger partial charge in [0.1, 0.15) is 5.82 Å². The predicted molar refractivity (Wildman–Crippen MR) is 106 cm³/mol. The van der Waals surface area contributed by atoms with Crippen LogP contribution in [0.4, 0.5) is 13.2 Å². The van der Waals surface area contributed by atoms with Crippen molar-refractivity contribution in [3.05, 3.63) is 76.5 Å². The SMILES string of the molecule is O=c1[nH]c(C2CCCN([S+](=O)([O-])c3cccc(C(F)(F)F)c3)C2)nn1-c1ccccc1. The summed E-state index contributed by atoms with van der Waals surface area (Å²) >= 11 is 0. The van der Waals surface area contributed by atoms with Gasteiger partial charge in [-0.05, 0) is 37.1 Å². The molecule has 1 aromatic heterocycles. The number of alkyl halides is 3. The third kappa shape index (κ3) is 4.34. The minimum absolute atomic E-state index is 0.0142. The van der Waals surface area contributed by atoms with Gasteiger partial charge in [-0.2, -0.15) is 17.9 Å². The van der Waals surface area contributed by atoms with Crippen molar-refractivity contribution in [3.8, 4) is 5.69 Å². The molecule has 2 atom stereocenters. The highest BCUT2D eigenvalue weighted by Crippen LogP contribution is 2.34. The molecule has 2 unspecified atom stereocenters. The summed E-state index contributed by atoms with van der Waals surface area (Å²) in [4.78, 5) is 14.6. The highest BCUT2D eigenvalue weighted by molar-refractivity contribution is 7.95. The van der Waals surface area contributed by atoms with Crippen LogP contribution < -0.4 is 5.69 Å². The summed E-state index contributed by atoms with van der Waals surface area (Å²) < 4.78 is 67.4.